The molecule has 1 saturated carbocycles. The SMILES string of the molecule is CCSC(=O)[C@H]1[C@@H]2CC[C@@H](C)C[C@H]2C=C[C@H]1C. The van der Waals surface area contributed by atoms with E-state index in [4.69, 9.17) is 0 Å². The van der Waals surface area contributed by atoms with Crippen molar-refractivity contribution in [2.24, 2.45) is 29.6 Å². The lowest BCUT2D eigenvalue weighted by Crippen LogP contribution is -2.38. The van der Waals surface area contributed by atoms with Crippen molar-refractivity contribution in [3.05, 3.63) is 12.2 Å². The van der Waals surface area contributed by atoms with Gasteiger partial charge < -0.3 is 0 Å². The molecule has 0 heterocycles. The van der Waals surface area contributed by atoms with Crippen LogP contribution in [0.1, 0.15) is 40.0 Å². The highest BCUT2D eigenvalue weighted by Crippen LogP contribution is 2.46. The van der Waals surface area contributed by atoms with Gasteiger partial charge >= 0.3 is 0 Å². The molecule has 5 atom stereocenters. The molecule has 0 amide bonds. The second-order valence-electron chi connectivity index (χ2n) is 5.77. The molecular weight excluding hydrogens is 228 g/mol. The fraction of sp³-hybridized carbons (Fsp3) is 0.800. The lowest BCUT2D eigenvalue weighted by molar-refractivity contribution is -0.118. The van der Waals surface area contributed by atoms with Crippen LogP contribution in [0.4, 0.5) is 0 Å². The minimum Gasteiger partial charge on any atom is -0.287 e. The summed E-state index contributed by atoms with van der Waals surface area (Å²) in [6, 6.07) is 0. The predicted octanol–water partition coefficient (Wildman–Crippen LogP) is 4.14. The summed E-state index contributed by atoms with van der Waals surface area (Å²) in [5, 5.41) is 0.439. The fourth-order valence-electron chi connectivity index (χ4n) is 3.57. The molecule has 0 radical (unpaired) electrons. The van der Waals surface area contributed by atoms with Gasteiger partial charge in [0.15, 0.2) is 5.12 Å². The van der Waals surface area contributed by atoms with Crippen molar-refractivity contribution in [1.29, 1.82) is 0 Å². The first kappa shape index (κ1) is 13.2. The minimum absolute atomic E-state index is 0.280. The van der Waals surface area contributed by atoms with Crippen LogP contribution in [0.25, 0.3) is 0 Å². The van der Waals surface area contributed by atoms with Gasteiger partial charge in [-0.1, -0.05) is 51.1 Å². The van der Waals surface area contributed by atoms with Crippen LogP contribution in [0.15, 0.2) is 12.2 Å². The van der Waals surface area contributed by atoms with Gasteiger partial charge in [-0.25, -0.2) is 0 Å². The van der Waals surface area contributed by atoms with E-state index in [1.165, 1.54) is 31.0 Å². The summed E-state index contributed by atoms with van der Waals surface area (Å²) in [6.45, 7) is 6.63. The van der Waals surface area contributed by atoms with E-state index in [-0.39, 0.29) is 5.92 Å². The van der Waals surface area contributed by atoms with Gasteiger partial charge in [0.05, 0.1) is 0 Å². The van der Waals surface area contributed by atoms with Gasteiger partial charge in [0.1, 0.15) is 0 Å². The number of thioether (sulfide) groups is 1. The molecule has 1 fully saturated rings. The zero-order chi connectivity index (χ0) is 12.4. The largest absolute Gasteiger partial charge is 0.287 e. The molecular formula is C15H24OS. The van der Waals surface area contributed by atoms with Gasteiger partial charge in [0, 0.05) is 5.92 Å². The number of hydrogen-bond donors (Lipinski definition) is 0. The third-order valence-corrected chi connectivity index (χ3v) is 5.31. The first-order chi connectivity index (χ1) is 8.13. The van der Waals surface area contributed by atoms with Crippen LogP contribution >= 0.6 is 11.8 Å². The number of rotatable bonds is 2. The van der Waals surface area contributed by atoms with Gasteiger partial charge in [0.25, 0.3) is 0 Å². The van der Waals surface area contributed by atoms with Crippen molar-refractivity contribution in [1.82, 2.24) is 0 Å². The summed E-state index contributed by atoms with van der Waals surface area (Å²) < 4.78 is 0. The van der Waals surface area contributed by atoms with E-state index in [9.17, 15) is 4.79 Å². The quantitative estimate of drug-likeness (QED) is 0.687. The van der Waals surface area contributed by atoms with Crippen molar-refractivity contribution in [3.63, 3.8) is 0 Å². The lowest BCUT2D eigenvalue weighted by atomic mass is 9.63. The van der Waals surface area contributed by atoms with E-state index in [0.29, 0.717) is 22.9 Å². The number of hydrogen-bond acceptors (Lipinski definition) is 2. The highest BCUT2D eigenvalue weighted by atomic mass is 32.2. The average molecular weight is 252 g/mol. The highest BCUT2D eigenvalue weighted by molar-refractivity contribution is 8.13. The average Bonchev–Trinajstić information content (AvgIpc) is 2.29. The highest BCUT2D eigenvalue weighted by Gasteiger charge is 2.40. The maximum atomic E-state index is 12.3. The molecule has 2 heteroatoms. The van der Waals surface area contributed by atoms with E-state index in [1.807, 2.05) is 0 Å². The monoisotopic (exact) mass is 252 g/mol. The van der Waals surface area contributed by atoms with Gasteiger partial charge in [0.2, 0.25) is 0 Å². The Labute approximate surface area is 109 Å². The van der Waals surface area contributed by atoms with E-state index >= 15 is 0 Å². The van der Waals surface area contributed by atoms with Crippen molar-refractivity contribution in [2.45, 2.75) is 40.0 Å². The fourth-order valence-corrected chi connectivity index (χ4v) is 4.44. The molecule has 2 aliphatic carbocycles. The standard InChI is InChI=1S/C15H24OS/c1-4-17-15(16)14-11(3)6-7-12-9-10(2)5-8-13(12)14/h6-7,10-14H,4-5,8-9H2,1-3H3/t10-,11-,12-,13-,14-/m1/s1. The van der Waals surface area contributed by atoms with E-state index in [1.54, 1.807) is 0 Å². The van der Waals surface area contributed by atoms with Crippen LogP contribution in [0.2, 0.25) is 0 Å². The molecule has 0 bridgehead atoms. The number of fused-ring (bicyclic) bond motifs is 1. The Morgan fingerprint density at radius 1 is 1.29 bits per heavy atom. The van der Waals surface area contributed by atoms with E-state index < -0.39 is 0 Å². The summed E-state index contributed by atoms with van der Waals surface area (Å²) in [6.07, 6.45) is 8.53. The summed E-state index contributed by atoms with van der Waals surface area (Å²) in [7, 11) is 0. The van der Waals surface area contributed by atoms with Crippen molar-refractivity contribution in [2.75, 3.05) is 5.75 Å². The third-order valence-electron chi connectivity index (χ3n) is 4.47. The van der Waals surface area contributed by atoms with Crippen LogP contribution in [-0.4, -0.2) is 10.9 Å². The molecule has 0 N–H and O–H groups in total. The minimum atomic E-state index is 0.280. The van der Waals surface area contributed by atoms with Crippen LogP contribution in [-0.2, 0) is 4.79 Å². The predicted molar refractivity (Wildman–Crippen MR) is 74.9 cm³/mol. The Kier molecular flexibility index (Phi) is 4.35. The van der Waals surface area contributed by atoms with E-state index in [2.05, 4.69) is 32.9 Å². The van der Waals surface area contributed by atoms with E-state index in [0.717, 1.165) is 11.7 Å². The molecule has 96 valence electrons. The molecule has 0 aromatic heterocycles. The van der Waals surface area contributed by atoms with Crippen LogP contribution in [0, 0.1) is 29.6 Å². The number of carbonyl (C=O) groups is 1. The second kappa shape index (κ2) is 5.60. The number of carbonyl (C=O) groups excluding carboxylic acids is 1. The van der Waals surface area contributed by atoms with Gasteiger partial charge in [-0.2, -0.15) is 0 Å². The molecule has 0 spiro atoms. The van der Waals surface area contributed by atoms with Gasteiger partial charge in [-0.05, 0) is 42.3 Å². The number of allylic oxidation sites excluding steroid dienone is 2. The second-order valence-corrected chi connectivity index (χ2v) is 7.04. The van der Waals surface area contributed by atoms with Gasteiger partial charge in [-0.15, -0.1) is 0 Å². The van der Waals surface area contributed by atoms with Gasteiger partial charge in [-0.3, -0.25) is 4.79 Å². The molecule has 0 aromatic carbocycles. The molecule has 2 rings (SSSR count). The third kappa shape index (κ3) is 2.78. The first-order valence-electron chi connectivity index (χ1n) is 6.98. The molecule has 0 unspecified atom stereocenters. The van der Waals surface area contributed by atoms with Crippen LogP contribution in [0.5, 0.6) is 0 Å². The Bertz CT molecular complexity index is 310. The molecule has 0 aromatic rings. The topological polar surface area (TPSA) is 17.1 Å². The van der Waals surface area contributed by atoms with Crippen LogP contribution < -0.4 is 0 Å². The molecule has 1 nitrogen and oxygen atoms in total. The normalized spacial score (nSPS) is 41.0. The Hall–Kier alpha value is -0.240. The van der Waals surface area contributed by atoms with Crippen molar-refractivity contribution in [3.8, 4) is 0 Å². The van der Waals surface area contributed by atoms with Crippen LogP contribution in [0.3, 0.4) is 0 Å². The zero-order valence-electron chi connectivity index (χ0n) is 11.2. The summed E-state index contributed by atoms with van der Waals surface area (Å²) in [5.74, 6) is 3.76. The van der Waals surface area contributed by atoms with Crippen molar-refractivity contribution < 1.29 is 4.79 Å². The summed E-state index contributed by atoms with van der Waals surface area (Å²) >= 11 is 1.53. The summed E-state index contributed by atoms with van der Waals surface area (Å²) in [5.41, 5.74) is 0. The molecule has 0 saturated heterocycles. The maximum Gasteiger partial charge on any atom is 0.192 e. The molecule has 0 aliphatic heterocycles. The molecule has 2 aliphatic rings. The Balaban J connectivity index is 2.14. The smallest absolute Gasteiger partial charge is 0.192 e. The Morgan fingerprint density at radius 2 is 2.06 bits per heavy atom. The molecule has 17 heavy (non-hydrogen) atoms. The Morgan fingerprint density at radius 3 is 2.76 bits per heavy atom. The first-order valence-corrected chi connectivity index (χ1v) is 7.97. The van der Waals surface area contributed by atoms with Crippen molar-refractivity contribution >= 4 is 16.9 Å². The summed E-state index contributed by atoms with van der Waals surface area (Å²) in [4.78, 5) is 12.3. The zero-order valence-corrected chi connectivity index (χ0v) is 12.0. The maximum absolute atomic E-state index is 12.3. The lowest BCUT2D eigenvalue weighted by Gasteiger charge is -2.42.